The lowest BCUT2D eigenvalue weighted by Crippen LogP contribution is -2.20. The van der Waals surface area contributed by atoms with Crippen LogP contribution in [0.2, 0.25) is 0 Å². The van der Waals surface area contributed by atoms with E-state index in [2.05, 4.69) is 5.32 Å². The number of hydrogen-bond donors (Lipinski definition) is 1. The Morgan fingerprint density at radius 3 is 2.36 bits per heavy atom. The molecular formula is C27H19F6NO5. The molecule has 3 aromatic carbocycles. The van der Waals surface area contributed by atoms with E-state index in [4.69, 9.17) is 13.9 Å². The highest BCUT2D eigenvalue weighted by Gasteiger charge is 2.40. The van der Waals surface area contributed by atoms with Gasteiger partial charge in [0.2, 0.25) is 11.2 Å². The second-order valence-corrected chi connectivity index (χ2v) is 8.53. The van der Waals surface area contributed by atoms with Gasteiger partial charge >= 0.3 is 12.4 Å². The first kappa shape index (κ1) is 27.6. The fourth-order valence-electron chi connectivity index (χ4n) is 3.57. The number of aryl methyl sites for hydroxylation is 2. The lowest BCUT2D eigenvalue weighted by Gasteiger charge is -2.15. The minimum Gasteiger partial charge on any atom is -0.484 e. The number of halogens is 6. The fourth-order valence-corrected chi connectivity index (χ4v) is 3.57. The van der Waals surface area contributed by atoms with Crippen LogP contribution in [0.1, 0.15) is 22.5 Å². The van der Waals surface area contributed by atoms with Crippen LogP contribution in [0.15, 0.2) is 69.9 Å². The van der Waals surface area contributed by atoms with Crippen molar-refractivity contribution in [2.45, 2.75) is 26.2 Å². The predicted octanol–water partition coefficient (Wildman–Crippen LogP) is 7.26. The van der Waals surface area contributed by atoms with E-state index in [0.29, 0.717) is 11.1 Å². The number of nitrogens with one attached hydrogen (secondary N) is 1. The Bertz CT molecular complexity index is 1610. The quantitative estimate of drug-likeness (QED) is 0.255. The zero-order valence-electron chi connectivity index (χ0n) is 20.3. The van der Waals surface area contributed by atoms with E-state index >= 15 is 0 Å². The van der Waals surface area contributed by atoms with Gasteiger partial charge in [0.15, 0.2) is 6.61 Å². The van der Waals surface area contributed by atoms with Gasteiger partial charge in [-0.2, -0.15) is 26.3 Å². The minimum absolute atomic E-state index is 0.0545. The minimum atomic E-state index is -5.08. The first-order chi connectivity index (χ1) is 18.2. The van der Waals surface area contributed by atoms with Crippen LogP contribution in [0.4, 0.5) is 32.0 Å². The maximum Gasteiger partial charge on any atom is 0.453 e. The van der Waals surface area contributed by atoms with Crippen LogP contribution in [-0.4, -0.2) is 12.5 Å². The normalized spacial score (nSPS) is 11.9. The molecule has 0 aliphatic carbocycles. The summed E-state index contributed by atoms with van der Waals surface area (Å²) in [6, 6.07) is 12.1. The number of carbonyl (C=O) groups excluding carboxylic acids is 1. The van der Waals surface area contributed by atoms with Gasteiger partial charge in [0.25, 0.3) is 11.7 Å². The van der Waals surface area contributed by atoms with Crippen LogP contribution in [0.5, 0.6) is 17.2 Å². The van der Waals surface area contributed by atoms with Gasteiger partial charge in [0.1, 0.15) is 17.1 Å². The number of benzene rings is 3. The van der Waals surface area contributed by atoms with Crippen molar-refractivity contribution >= 4 is 22.6 Å². The summed E-state index contributed by atoms with van der Waals surface area (Å²) in [6.07, 6.45) is -9.69. The highest BCUT2D eigenvalue weighted by atomic mass is 19.4. The Morgan fingerprint density at radius 2 is 1.67 bits per heavy atom. The third-order valence-electron chi connectivity index (χ3n) is 5.48. The van der Waals surface area contributed by atoms with Crippen molar-refractivity contribution in [1.82, 2.24) is 0 Å². The molecule has 0 radical (unpaired) electrons. The number of ether oxygens (including phenoxy) is 2. The number of carbonyl (C=O) groups is 1. The molecule has 39 heavy (non-hydrogen) atoms. The first-order valence-electron chi connectivity index (χ1n) is 11.3. The van der Waals surface area contributed by atoms with E-state index in [1.807, 2.05) is 0 Å². The van der Waals surface area contributed by atoms with Gasteiger partial charge in [0.05, 0.1) is 10.9 Å². The van der Waals surface area contributed by atoms with Crippen molar-refractivity contribution in [1.29, 1.82) is 0 Å². The lowest BCUT2D eigenvalue weighted by atomic mass is 10.1. The molecule has 4 aromatic rings. The smallest absolute Gasteiger partial charge is 0.453 e. The van der Waals surface area contributed by atoms with Crippen LogP contribution in [0, 0.1) is 13.8 Å². The topological polar surface area (TPSA) is 77.8 Å². The summed E-state index contributed by atoms with van der Waals surface area (Å²) in [5, 5.41) is 2.00. The van der Waals surface area contributed by atoms with Crippen molar-refractivity contribution in [2.75, 3.05) is 11.9 Å². The molecule has 0 fully saturated rings. The van der Waals surface area contributed by atoms with Gasteiger partial charge in [-0.25, -0.2) is 0 Å². The zero-order chi connectivity index (χ0) is 28.5. The van der Waals surface area contributed by atoms with Crippen LogP contribution in [-0.2, 0) is 17.1 Å². The second-order valence-electron chi connectivity index (χ2n) is 8.53. The number of hydrogen-bond acceptors (Lipinski definition) is 5. The Kier molecular flexibility index (Phi) is 7.31. The number of fused-ring (bicyclic) bond motifs is 1. The van der Waals surface area contributed by atoms with Gasteiger partial charge in [-0.05, 0) is 61.4 Å². The summed E-state index contributed by atoms with van der Waals surface area (Å²) >= 11 is 0. The highest BCUT2D eigenvalue weighted by Crippen LogP contribution is 2.39. The molecule has 1 heterocycles. The molecule has 1 aromatic heterocycles. The molecule has 1 amide bonds. The van der Waals surface area contributed by atoms with Crippen molar-refractivity contribution < 1.29 is 45.0 Å². The van der Waals surface area contributed by atoms with E-state index in [1.165, 1.54) is 18.2 Å². The molecule has 4 rings (SSSR count). The van der Waals surface area contributed by atoms with E-state index in [9.17, 15) is 35.9 Å². The molecule has 1 N–H and O–H groups in total. The monoisotopic (exact) mass is 551 g/mol. The number of rotatable bonds is 6. The number of anilines is 1. The Hall–Kier alpha value is -4.48. The maximum absolute atomic E-state index is 13.8. The third-order valence-corrected chi connectivity index (χ3v) is 5.48. The second kappa shape index (κ2) is 10.4. The molecule has 0 bridgehead atoms. The molecule has 12 heteroatoms. The zero-order valence-corrected chi connectivity index (χ0v) is 20.3. The SMILES string of the molecule is Cc1ccc(C)c(Oc2c(C(F)(F)F)oc3cc(OCC(=O)Nc4cccc(C(F)(F)F)c4)ccc3c2=O)c1. The van der Waals surface area contributed by atoms with E-state index in [1.54, 1.807) is 26.0 Å². The summed E-state index contributed by atoms with van der Waals surface area (Å²) in [4.78, 5) is 25.2. The van der Waals surface area contributed by atoms with E-state index < -0.39 is 53.0 Å². The molecule has 6 nitrogen and oxygen atoms in total. The molecule has 0 unspecified atom stereocenters. The number of alkyl halides is 6. The Balaban J connectivity index is 1.59. The summed E-state index contributed by atoms with van der Waals surface area (Å²) < 4.78 is 95.8. The summed E-state index contributed by atoms with van der Waals surface area (Å²) in [5.74, 6) is -3.58. The first-order valence-corrected chi connectivity index (χ1v) is 11.3. The molecule has 0 saturated carbocycles. The average molecular weight is 551 g/mol. The third kappa shape index (κ3) is 6.33. The van der Waals surface area contributed by atoms with Crippen LogP contribution in [0.25, 0.3) is 11.0 Å². The Morgan fingerprint density at radius 1 is 0.923 bits per heavy atom. The van der Waals surface area contributed by atoms with Gasteiger partial charge in [-0.15, -0.1) is 0 Å². The summed E-state index contributed by atoms with van der Waals surface area (Å²) in [5.41, 5.74) is -1.44. The molecule has 0 atom stereocenters. The molecule has 0 spiro atoms. The van der Waals surface area contributed by atoms with Crippen molar-refractivity contribution in [3.63, 3.8) is 0 Å². The lowest BCUT2D eigenvalue weighted by molar-refractivity contribution is -0.154. The summed E-state index contributed by atoms with van der Waals surface area (Å²) in [7, 11) is 0. The molecule has 0 saturated heterocycles. The van der Waals surface area contributed by atoms with Gasteiger partial charge < -0.3 is 19.2 Å². The van der Waals surface area contributed by atoms with Gasteiger partial charge in [-0.3, -0.25) is 9.59 Å². The Labute approximate surface area is 216 Å². The van der Waals surface area contributed by atoms with Crippen molar-refractivity contribution in [3.05, 3.63) is 93.3 Å². The average Bonchev–Trinajstić information content (AvgIpc) is 2.85. The fraction of sp³-hybridized carbons (Fsp3) is 0.185. The molecule has 204 valence electrons. The van der Waals surface area contributed by atoms with Crippen LogP contribution >= 0.6 is 0 Å². The maximum atomic E-state index is 13.8. The highest BCUT2D eigenvalue weighted by molar-refractivity contribution is 5.92. The van der Waals surface area contributed by atoms with E-state index in [-0.39, 0.29) is 22.6 Å². The largest absolute Gasteiger partial charge is 0.484 e. The predicted molar refractivity (Wildman–Crippen MR) is 129 cm³/mol. The van der Waals surface area contributed by atoms with Crippen molar-refractivity contribution in [2.24, 2.45) is 0 Å². The molecule has 0 aliphatic rings. The van der Waals surface area contributed by atoms with Crippen molar-refractivity contribution in [3.8, 4) is 17.2 Å². The number of amides is 1. The van der Waals surface area contributed by atoms with Gasteiger partial charge in [0, 0.05) is 11.8 Å². The van der Waals surface area contributed by atoms with Crippen LogP contribution < -0.4 is 20.2 Å². The molecular weight excluding hydrogens is 532 g/mol. The standard InChI is InChI=1S/C27H19F6NO5/c1-14-6-7-15(2)20(10-14)38-24-23(36)19-9-8-18(12-21(19)39-25(24)27(31,32)33)37-13-22(35)34-17-5-3-4-16(11-17)26(28,29)30/h3-12H,13H2,1-2H3,(H,34,35). The molecule has 0 aliphatic heterocycles. The van der Waals surface area contributed by atoms with E-state index in [0.717, 1.165) is 30.3 Å². The van der Waals surface area contributed by atoms with Crippen LogP contribution in [0.3, 0.4) is 0 Å². The van der Waals surface area contributed by atoms with Gasteiger partial charge in [-0.1, -0.05) is 18.2 Å². The summed E-state index contributed by atoms with van der Waals surface area (Å²) in [6.45, 7) is 2.63.